The summed E-state index contributed by atoms with van der Waals surface area (Å²) in [5, 5.41) is 0.300. The van der Waals surface area contributed by atoms with E-state index in [9.17, 15) is 22.8 Å². The number of carbonyl (C=O) groups excluding carboxylic acids is 2. The normalized spacial score (nSPS) is 11.4. The highest BCUT2D eigenvalue weighted by atomic mass is 35.5. The number of methoxy groups -OCH3 is 1. The molecule has 0 saturated carbocycles. The van der Waals surface area contributed by atoms with E-state index in [1.54, 1.807) is 25.3 Å². The van der Waals surface area contributed by atoms with Gasteiger partial charge >= 0.3 is 5.97 Å². The van der Waals surface area contributed by atoms with Gasteiger partial charge < -0.3 is 14.0 Å². The first-order chi connectivity index (χ1) is 19.0. The van der Waals surface area contributed by atoms with Crippen molar-refractivity contribution in [1.82, 2.24) is 9.29 Å². The lowest BCUT2D eigenvalue weighted by Gasteiger charge is -2.13. The number of carbonyl (C=O) groups is 2. The van der Waals surface area contributed by atoms with E-state index in [4.69, 9.17) is 32.7 Å². The van der Waals surface area contributed by atoms with E-state index in [-0.39, 0.29) is 35.9 Å². The number of halogens is 2. The number of aryl methyl sites for hydroxylation is 1. The molecule has 3 rings (SSSR count). The van der Waals surface area contributed by atoms with Crippen LogP contribution in [0.4, 0.5) is 0 Å². The standard InChI is InChI=1S/C28H28Cl2N2O7S/c1-19(33)39-15-4-16-40(36,37)31-27(34)22-10-7-20(8-11-22)13-14-32-26(24(29)18-25(30)28(32)35)12-9-21-5-3-6-23(17-21)38-2/h3,5-12,17-18H,4,13-16H2,1-2H3,(H,31,34)/b12-9+. The number of esters is 1. The van der Waals surface area contributed by atoms with Crippen molar-refractivity contribution in [3.63, 3.8) is 0 Å². The molecule has 2 aromatic carbocycles. The Balaban J connectivity index is 1.70. The number of hydrogen-bond donors (Lipinski definition) is 1. The van der Waals surface area contributed by atoms with Gasteiger partial charge in [-0.15, -0.1) is 0 Å². The number of sulfonamides is 1. The molecule has 1 N–H and O–H groups in total. The smallest absolute Gasteiger partial charge is 0.302 e. The van der Waals surface area contributed by atoms with E-state index in [2.05, 4.69) is 0 Å². The van der Waals surface area contributed by atoms with Crippen LogP contribution in [-0.2, 0) is 32.5 Å². The second-order valence-electron chi connectivity index (χ2n) is 8.68. The lowest BCUT2D eigenvalue weighted by Crippen LogP contribution is -2.33. The molecule has 1 amide bonds. The monoisotopic (exact) mass is 606 g/mol. The summed E-state index contributed by atoms with van der Waals surface area (Å²) in [6.45, 7) is 1.42. The van der Waals surface area contributed by atoms with Crippen LogP contribution in [0.3, 0.4) is 0 Å². The molecule has 1 heterocycles. The van der Waals surface area contributed by atoms with Crippen LogP contribution in [0.2, 0.25) is 10.0 Å². The molecule has 0 atom stereocenters. The van der Waals surface area contributed by atoms with Gasteiger partial charge in [-0.3, -0.25) is 14.4 Å². The largest absolute Gasteiger partial charge is 0.497 e. The molecular weight excluding hydrogens is 579 g/mol. The average Bonchev–Trinajstić information content (AvgIpc) is 2.91. The van der Waals surface area contributed by atoms with Gasteiger partial charge in [-0.2, -0.15) is 0 Å². The summed E-state index contributed by atoms with van der Waals surface area (Å²) in [4.78, 5) is 36.1. The van der Waals surface area contributed by atoms with E-state index in [0.717, 1.165) is 11.1 Å². The zero-order valence-electron chi connectivity index (χ0n) is 21.9. The number of hydrogen-bond acceptors (Lipinski definition) is 7. The van der Waals surface area contributed by atoms with Crippen LogP contribution in [0, 0.1) is 0 Å². The lowest BCUT2D eigenvalue weighted by molar-refractivity contribution is -0.140. The fourth-order valence-corrected chi connectivity index (χ4v) is 5.25. The molecule has 212 valence electrons. The summed E-state index contributed by atoms with van der Waals surface area (Å²) in [6.07, 6.45) is 4.01. The minimum atomic E-state index is -3.90. The Morgan fingerprint density at radius 3 is 2.42 bits per heavy atom. The second kappa shape index (κ2) is 14.2. The van der Waals surface area contributed by atoms with E-state index in [0.29, 0.717) is 22.9 Å². The quantitative estimate of drug-likeness (QED) is 0.236. The van der Waals surface area contributed by atoms with Crippen molar-refractivity contribution >= 4 is 57.3 Å². The van der Waals surface area contributed by atoms with Crippen LogP contribution in [-0.4, -0.2) is 44.3 Å². The fourth-order valence-electron chi connectivity index (χ4n) is 3.71. The molecular formula is C28H28Cl2N2O7S. The SMILES string of the molecule is COc1cccc(/C=C/c2c(Cl)cc(Cl)c(=O)n2CCc2ccc(C(=O)NS(=O)(=O)CCCOC(C)=O)cc2)c1. The van der Waals surface area contributed by atoms with Crippen molar-refractivity contribution in [1.29, 1.82) is 0 Å². The zero-order chi connectivity index (χ0) is 29.3. The number of nitrogens with one attached hydrogen (secondary N) is 1. The molecule has 40 heavy (non-hydrogen) atoms. The second-order valence-corrected chi connectivity index (χ2v) is 11.3. The van der Waals surface area contributed by atoms with Crippen molar-refractivity contribution < 1.29 is 27.5 Å². The van der Waals surface area contributed by atoms with Gasteiger partial charge in [0.1, 0.15) is 10.8 Å². The van der Waals surface area contributed by atoms with Crippen LogP contribution in [0.5, 0.6) is 5.75 Å². The fraction of sp³-hybridized carbons (Fsp3) is 0.250. The maximum atomic E-state index is 12.9. The van der Waals surface area contributed by atoms with Gasteiger partial charge in [-0.05, 0) is 60.4 Å². The molecule has 0 unspecified atom stereocenters. The molecule has 0 radical (unpaired) electrons. The number of nitrogens with zero attached hydrogens (tertiary/aromatic N) is 1. The van der Waals surface area contributed by atoms with Gasteiger partial charge in [0, 0.05) is 19.0 Å². The number of ether oxygens (including phenoxy) is 2. The topological polar surface area (TPSA) is 121 Å². The van der Waals surface area contributed by atoms with Crippen molar-refractivity contribution in [2.24, 2.45) is 0 Å². The Morgan fingerprint density at radius 1 is 1.02 bits per heavy atom. The maximum absolute atomic E-state index is 12.9. The Morgan fingerprint density at radius 2 is 1.75 bits per heavy atom. The van der Waals surface area contributed by atoms with Crippen molar-refractivity contribution in [3.05, 3.63) is 97.4 Å². The predicted octanol–water partition coefficient (Wildman–Crippen LogP) is 4.59. The number of aromatic nitrogens is 1. The Bertz CT molecular complexity index is 1570. The Kier molecular flexibility index (Phi) is 10.9. The summed E-state index contributed by atoms with van der Waals surface area (Å²) in [5.74, 6) is -0.960. The highest BCUT2D eigenvalue weighted by Crippen LogP contribution is 2.22. The first-order valence-corrected chi connectivity index (χ1v) is 14.6. The maximum Gasteiger partial charge on any atom is 0.302 e. The van der Waals surface area contributed by atoms with Gasteiger partial charge in [-0.1, -0.05) is 53.5 Å². The highest BCUT2D eigenvalue weighted by molar-refractivity contribution is 7.90. The van der Waals surface area contributed by atoms with Gasteiger partial charge in [0.05, 0.1) is 30.2 Å². The molecule has 0 bridgehead atoms. The van der Waals surface area contributed by atoms with Crippen molar-refractivity contribution in [2.75, 3.05) is 19.5 Å². The number of benzene rings is 2. The summed E-state index contributed by atoms with van der Waals surface area (Å²) in [6, 6.07) is 15.1. The van der Waals surface area contributed by atoms with Crippen LogP contribution in [0.25, 0.3) is 12.2 Å². The average molecular weight is 608 g/mol. The number of rotatable bonds is 12. The summed E-state index contributed by atoms with van der Waals surface area (Å²) < 4.78 is 37.7. The zero-order valence-corrected chi connectivity index (χ0v) is 24.2. The molecule has 12 heteroatoms. The molecule has 1 aromatic heterocycles. The number of pyridine rings is 1. The Labute approximate surface area is 242 Å². The van der Waals surface area contributed by atoms with Gasteiger partial charge in [-0.25, -0.2) is 13.1 Å². The summed E-state index contributed by atoms with van der Waals surface area (Å²) in [7, 11) is -2.32. The molecule has 0 aliphatic rings. The van der Waals surface area contributed by atoms with Gasteiger partial charge in [0.25, 0.3) is 11.5 Å². The van der Waals surface area contributed by atoms with Crippen molar-refractivity contribution in [3.8, 4) is 5.75 Å². The summed E-state index contributed by atoms with van der Waals surface area (Å²) in [5.41, 5.74) is 1.88. The molecule has 0 spiro atoms. The van der Waals surface area contributed by atoms with E-state index in [1.165, 1.54) is 29.7 Å². The Hall–Kier alpha value is -3.60. The third kappa shape index (κ3) is 8.97. The molecule has 3 aromatic rings. The van der Waals surface area contributed by atoms with E-state index in [1.807, 2.05) is 35.1 Å². The van der Waals surface area contributed by atoms with E-state index >= 15 is 0 Å². The minimum absolute atomic E-state index is 0.00962. The minimum Gasteiger partial charge on any atom is -0.497 e. The van der Waals surface area contributed by atoms with Crippen LogP contribution in [0.15, 0.2) is 59.4 Å². The molecule has 0 fully saturated rings. The molecule has 9 nitrogen and oxygen atoms in total. The highest BCUT2D eigenvalue weighted by Gasteiger charge is 2.16. The van der Waals surface area contributed by atoms with Crippen molar-refractivity contribution in [2.45, 2.75) is 26.3 Å². The van der Waals surface area contributed by atoms with Gasteiger partial charge in [0.15, 0.2) is 0 Å². The third-order valence-corrected chi connectivity index (χ3v) is 7.61. The van der Waals surface area contributed by atoms with Crippen LogP contribution in [0.1, 0.15) is 40.5 Å². The van der Waals surface area contributed by atoms with Crippen LogP contribution < -0.4 is 15.0 Å². The predicted molar refractivity (Wildman–Crippen MR) is 155 cm³/mol. The van der Waals surface area contributed by atoms with E-state index < -0.39 is 27.5 Å². The molecule has 0 aliphatic heterocycles. The molecule has 0 saturated heterocycles. The third-order valence-electron chi connectivity index (χ3n) is 5.72. The first kappa shape index (κ1) is 30.9. The summed E-state index contributed by atoms with van der Waals surface area (Å²) >= 11 is 12.6. The van der Waals surface area contributed by atoms with Gasteiger partial charge in [0.2, 0.25) is 10.0 Å². The van der Waals surface area contributed by atoms with Crippen LogP contribution >= 0.6 is 23.2 Å². The first-order valence-electron chi connectivity index (χ1n) is 12.2. The lowest BCUT2D eigenvalue weighted by atomic mass is 10.1. The molecule has 0 aliphatic carbocycles. The number of amides is 1.